The zero-order valence-electron chi connectivity index (χ0n) is 15.3. The molecule has 0 bridgehead atoms. The van der Waals surface area contributed by atoms with Crippen LogP contribution in [-0.4, -0.2) is 72.1 Å². The molecule has 1 aliphatic heterocycles. The van der Waals surface area contributed by atoms with E-state index < -0.39 is 67.1 Å². The highest BCUT2D eigenvalue weighted by Crippen LogP contribution is 2.36. The third-order valence-electron chi connectivity index (χ3n) is 3.51. The molecule has 1 rings (SSSR count). The molecule has 152 valence electrons. The van der Waals surface area contributed by atoms with Crippen LogP contribution >= 0.6 is 0 Å². The van der Waals surface area contributed by atoms with Gasteiger partial charge in [0.05, 0.1) is 6.42 Å². The van der Waals surface area contributed by atoms with Crippen molar-refractivity contribution in [2.75, 3.05) is 6.61 Å². The largest absolute Gasteiger partial charge is 0.463 e. The van der Waals surface area contributed by atoms with Gasteiger partial charge in [-0.25, -0.2) is 0 Å². The Labute approximate surface area is 154 Å². The van der Waals surface area contributed by atoms with Gasteiger partial charge in [0, 0.05) is 27.7 Å². The minimum atomic E-state index is -2.41. The van der Waals surface area contributed by atoms with E-state index in [0.717, 1.165) is 27.7 Å². The molecular formula is C16H22O11. The number of hydrogen-bond acceptors (Lipinski definition) is 11. The van der Waals surface area contributed by atoms with Crippen molar-refractivity contribution >= 4 is 30.2 Å². The molecule has 0 aromatic heterocycles. The van der Waals surface area contributed by atoms with Crippen molar-refractivity contribution < 1.29 is 52.8 Å². The fraction of sp³-hybridized carbons (Fsp3) is 0.688. The maximum atomic E-state index is 11.5. The summed E-state index contributed by atoms with van der Waals surface area (Å²) in [6, 6.07) is 0. The second-order valence-corrected chi connectivity index (χ2v) is 5.85. The van der Waals surface area contributed by atoms with E-state index in [9.17, 15) is 29.1 Å². The van der Waals surface area contributed by atoms with Crippen molar-refractivity contribution in [3.63, 3.8) is 0 Å². The lowest BCUT2D eigenvalue weighted by Crippen LogP contribution is -2.68. The van der Waals surface area contributed by atoms with Crippen LogP contribution in [0.4, 0.5) is 0 Å². The first-order valence-electron chi connectivity index (χ1n) is 7.99. The minimum Gasteiger partial charge on any atom is -0.463 e. The van der Waals surface area contributed by atoms with Crippen LogP contribution in [0.15, 0.2) is 0 Å². The van der Waals surface area contributed by atoms with E-state index in [1.165, 1.54) is 0 Å². The van der Waals surface area contributed by atoms with Gasteiger partial charge in [-0.3, -0.25) is 19.2 Å². The number of rotatable bonds is 7. The molecular weight excluding hydrogens is 368 g/mol. The molecule has 1 saturated heterocycles. The number of esters is 4. The van der Waals surface area contributed by atoms with Crippen LogP contribution < -0.4 is 0 Å². The molecule has 0 aromatic carbocycles. The molecule has 0 spiro atoms. The summed E-state index contributed by atoms with van der Waals surface area (Å²) in [5.74, 6) is -5.60. The Morgan fingerprint density at radius 3 is 1.89 bits per heavy atom. The summed E-state index contributed by atoms with van der Waals surface area (Å²) in [5.41, 5.74) is 0. The average molecular weight is 390 g/mol. The van der Waals surface area contributed by atoms with E-state index in [0.29, 0.717) is 6.29 Å². The molecule has 0 aliphatic carbocycles. The highest BCUT2D eigenvalue weighted by atomic mass is 16.7. The van der Waals surface area contributed by atoms with Gasteiger partial charge in [0.15, 0.2) is 18.3 Å². The van der Waals surface area contributed by atoms with Crippen LogP contribution in [0.1, 0.15) is 34.1 Å². The third kappa shape index (κ3) is 6.29. The van der Waals surface area contributed by atoms with Crippen molar-refractivity contribution in [2.45, 2.75) is 64.3 Å². The zero-order valence-corrected chi connectivity index (χ0v) is 15.3. The van der Waals surface area contributed by atoms with Crippen LogP contribution in [-0.2, 0) is 47.7 Å². The fourth-order valence-corrected chi connectivity index (χ4v) is 2.64. The number of aliphatic hydroxyl groups is 1. The van der Waals surface area contributed by atoms with Gasteiger partial charge in [0.25, 0.3) is 0 Å². The number of ether oxygens (including phenoxy) is 5. The molecule has 1 N–H and O–H groups in total. The highest BCUT2D eigenvalue weighted by Gasteiger charge is 2.59. The van der Waals surface area contributed by atoms with Crippen LogP contribution in [0.2, 0.25) is 0 Å². The van der Waals surface area contributed by atoms with E-state index in [4.69, 9.17) is 23.7 Å². The smallest absolute Gasteiger partial charge is 0.303 e. The Kier molecular flexibility index (Phi) is 7.85. The van der Waals surface area contributed by atoms with Gasteiger partial charge in [-0.2, -0.15) is 0 Å². The monoisotopic (exact) mass is 390 g/mol. The van der Waals surface area contributed by atoms with Crippen molar-refractivity contribution in [3.8, 4) is 0 Å². The third-order valence-corrected chi connectivity index (χ3v) is 3.51. The van der Waals surface area contributed by atoms with Gasteiger partial charge in [-0.05, 0) is 0 Å². The predicted molar refractivity (Wildman–Crippen MR) is 83.8 cm³/mol. The van der Waals surface area contributed by atoms with Gasteiger partial charge in [0.2, 0.25) is 5.79 Å². The predicted octanol–water partition coefficient (Wildman–Crippen LogP) is -0.979. The summed E-state index contributed by atoms with van der Waals surface area (Å²) in [4.78, 5) is 56.6. The molecule has 0 aromatic rings. The Morgan fingerprint density at radius 1 is 0.926 bits per heavy atom. The minimum absolute atomic E-state index is 0.302. The van der Waals surface area contributed by atoms with Crippen molar-refractivity contribution in [2.24, 2.45) is 0 Å². The zero-order chi connectivity index (χ0) is 20.8. The van der Waals surface area contributed by atoms with Crippen LogP contribution in [0.3, 0.4) is 0 Å². The number of aldehydes is 1. The van der Waals surface area contributed by atoms with Gasteiger partial charge < -0.3 is 33.6 Å². The summed E-state index contributed by atoms with van der Waals surface area (Å²) in [6.07, 6.45) is -6.25. The van der Waals surface area contributed by atoms with Crippen LogP contribution in [0.5, 0.6) is 0 Å². The number of carbonyl (C=O) groups is 5. The maximum absolute atomic E-state index is 11.5. The SMILES string of the molecule is CC(=O)OC[C@H]1O[C@@](O)(CC=O)[C@H](OC(C)=O)[C@@H](OC(C)=O)[C@@H]1OC(C)=O. The maximum Gasteiger partial charge on any atom is 0.303 e. The first-order chi connectivity index (χ1) is 12.5. The molecule has 0 amide bonds. The van der Waals surface area contributed by atoms with E-state index in [1.807, 2.05) is 0 Å². The molecule has 1 fully saturated rings. The Hall–Kier alpha value is -2.53. The first kappa shape index (κ1) is 22.5. The molecule has 11 heteroatoms. The van der Waals surface area contributed by atoms with E-state index in [2.05, 4.69) is 0 Å². The van der Waals surface area contributed by atoms with E-state index in [-0.39, 0.29) is 0 Å². The molecule has 0 radical (unpaired) electrons. The van der Waals surface area contributed by atoms with E-state index in [1.54, 1.807) is 0 Å². The molecule has 0 saturated carbocycles. The number of hydrogen-bond donors (Lipinski definition) is 1. The number of carbonyl (C=O) groups excluding carboxylic acids is 5. The van der Waals surface area contributed by atoms with Gasteiger partial charge >= 0.3 is 23.9 Å². The Bertz CT molecular complexity index is 601. The summed E-state index contributed by atoms with van der Waals surface area (Å²) >= 11 is 0. The van der Waals surface area contributed by atoms with Crippen molar-refractivity contribution in [3.05, 3.63) is 0 Å². The standard InChI is InChI=1S/C16H22O11/c1-8(18)23-7-12-13(24-9(2)19)14(25-10(3)20)15(26-11(4)21)16(22,27-12)5-6-17/h6,12-15,22H,5,7H2,1-4H3/t12-,13-,14+,15-,16+/m1/s1. The summed E-state index contributed by atoms with van der Waals surface area (Å²) < 4.78 is 25.5. The lowest BCUT2D eigenvalue weighted by atomic mass is 9.90. The molecule has 1 heterocycles. The van der Waals surface area contributed by atoms with Crippen molar-refractivity contribution in [1.29, 1.82) is 0 Å². The Morgan fingerprint density at radius 2 is 1.44 bits per heavy atom. The summed E-state index contributed by atoms with van der Waals surface area (Å²) in [7, 11) is 0. The second-order valence-electron chi connectivity index (χ2n) is 5.85. The average Bonchev–Trinajstić information content (AvgIpc) is 2.51. The van der Waals surface area contributed by atoms with Gasteiger partial charge in [-0.1, -0.05) is 0 Å². The van der Waals surface area contributed by atoms with E-state index >= 15 is 0 Å². The first-order valence-corrected chi connectivity index (χ1v) is 7.99. The fourth-order valence-electron chi connectivity index (χ4n) is 2.64. The molecule has 11 nitrogen and oxygen atoms in total. The second kappa shape index (κ2) is 9.42. The van der Waals surface area contributed by atoms with Crippen molar-refractivity contribution in [1.82, 2.24) is 0 Å². The molecule has 5 atom stereocenters. The quantitative estimate of drug-likeness (QED) is 0.324. The molecule has 0 unspecified atom stereocenters. The normalized spacial score (nSPS) is 30.0. The van der Waals surface area contributed by atoms with Gasteiger partial charge in [-0.15, -0.1) is 0 Å². The van der Waals surface area contributed by atoms with Gasteiger partial charge in [0.1, 0.15) is 19.0 Å². The highest BCUT2D eigenvalue weighted by molar-refractivity contribution is 5.69. The topological polar surface area (TPSA) is 152 Å². The molecule has 1 aliphatic rings. The lowest BCUT2D eigenvalue weighted by molar-refractivity contribution is -0.350. The summed E-state index contributed by atoms with van der Waals surface area (Å²) in [5, 5.41) is 10.7. The Balaban J connectivity index is 3.38. The summed E-state index contributed by atoms with van der Waals surface area (Å²) in [6.45, 7) is 3.77. The van der Waals surface area contributed by atoms with Crippen LogP contribution in [0.25, 0.3) is 0 Å². The van der Waals surface area contributed by atoms with Crippen LogP contribution in [0, 0.1) is 0 Å². The molecule has 27 heavy (non-hydrogen) atoms. The lowest BCUT2D eigenvalue weighted by Gasteiger charge is -2.48.